The van der Waals surface area contributed by atoms with Gasteiger partial charge >= 0.3 is 0 Å². The molecule has 1 atom stereocenters. The smallest absolute Gasteiger partial charge is 0.124 e. The summed E-state index contributed by atoms with van der Waals surface area (Å²) in [5.74, 6) is 0.00599. The lowest BCUT2D eigenvalue weighted by atomic mass is 9.92. The van der Waals surface area contributed by atoms with Gasteiger partial charge in [-0.3, -0.25) is 0 Å². The van der Waals surface area contributed by atoms with Crippen LogP contribution in [0.3, 0.4) is 0 Å². The first kappa shape index (κ1) is 14.0. The third kappa shape index (κ3) is 4.05. The van der Waals surface area contributed by atoms with Crippen LogP contribution < -0.4 is 5.73 Å². The average molecular weight is 278 g/mol. The maximum absolute atomic E-state index is 13.0. The third-order valence-corrected chi connectivity index (χ3v) is 3.58. The number of hydrogen-bond donors (Lipinski definition) is 1. The first-order valence-corrected chi connectivity index (χ1v) is 6.74. The summed E-state index contributed by atoms with van der Waals surface area (Å²) in [6.07, 6.45) is 1.68. The van der Waals surface area contributed by atoms with E-state index < -0.39 is 0 Å². The van der Waals surface area contributed by atoms with Gasteiger partial charge in [-0.2, -0.15) is 0 Å². The number of halogens is 2. The van der Waals surface area contributed by atoms with Gasteiger partial charge in [0.15, 0.2) is 0 Å². The summed E-state index contributed by atoms with van der Waals surface area (Å²) in [5.41, 5.74) is 8.04. The molecule has 0 bridgehead atoms. The number of nitrogens with two attached hydrogens (primary N) is 1. The van der Waals surface area contributed by atoms with Crippen LogP contribution in [0.2, 0.25) is 5.02 Å². The van der Waals surface area contributed by atoms with E-state index in [0.717, 1.165) is 18.4 Å². The molecule has 19 heavy (non-hydrogen) atoms. The van der Waals surface area contributed by atoms with Gasteiger partial charge in [0.25, 0.3) is 0 Å². The van der Waals surface area contributed by atoms with Gasteiger partial charge in [0.2, 0.25) is 0 Å². The highest BCUT2D eigenvalue weighted by Gasteiger charge is 2.11. The summed E-state index contributed by atoms with van der Waals surface area (Å²) >= 11 is 6.05. The van der Waals surface area contributed by atoms with Crippen molar-refractivity contribution in [2.75, 3.05) is 6.54 Å². The van der Waals surface area contributed by atoms with Crippen LogP contribution in [0.15, 0.2) is 48.5 Å². The van der Waals surface area contributed by atoms with Crippen LogP contribution in [0.4, 0.5) is 4.39 Å². The molecule has 2 N–H and O–H groups in total. The summed E-state index contributed by atoms with van der Waals surface area (Å²) in [6, 6.07) is 14.8. The molecule has 2 rings (SSSR count). The normalized spacial score (nSPS) is 12.4. The molecule has 1 nitrogen and oxygen atoms in total. The molecule has 0 aromatic heterocycles. The lowest BCUT2D eigenvalue weighted by Gasteiger charge is -2.15. The van der Waals surface area contributed by atoms with Crippen molar-refractivity contribution in [2.45, 2.75) is 12.8 Å². The van der Waals surface area contributed by atoms with Crippen molar-refractivity contribution in [2.24, 2.45) is 11.7 Å². The van der Waals surface area contributed by atoms with Crippen LogP contribution in [0, 0.1) is 11.7 Å². The van der Waals surface area contributed by atoms with Crippen molar-refractivity contribution >= 4 is 11.6 Å². The Hall–Kier alpha value is -1.38. The highest BCUT2D eigenvalue weighted by molar-refractivity contribution is 6.31. The van der Waals surface area contributed by atoms with Crippen molar-refractivity contribution in [3.05, 3.63) is 70.5 Å². The van der Waals surface area contributed by atoms with Crippen molar-refractivity contribution in [3.63, 3.8) is 0 Å². The lowest BCUT2D eigenvalue weighted by molar-refractivity contribution is 0.532. The minimum absolute atomic E-state index is 0.305. The fourth-order valence-electron chi connectivity index (χ4n) is 2.18. The molecule has 0 aliphatic heterocycles. The molecule has 0 aliphatic rings. The predicted molar refractivity (Wildman–Crippen MR) is 77.8 cm³/mol. The van der Waals surface area contributed by atoms with Gasteiger partial charge < -0.3 is 5.73 Å². The summed E-state index contributed by atoms with van der Waals surface area (Å²) in [5, 5.41) is 0.478. The maximum Gasteiger partial charge on any atom is 0.124 e. The quantitative estimate of drug-likeness (QED) is 0.883. The van der Waals surface area contributed by atoms with Crippen LogP contribution in [-0.2, 0) is 12.8 Å². The van der Waals surface area contributed by atoms with E-state index in [-0.39, 0.29) is 5.82 Å². The van der Waals surface area contributed by atoms with E-state index in [4.69, 9.17) is 17.3 Å². The van der Waals surface area contributed by atoms with Crippen LogP contribution in [-0.4, -0.2) is 6.54 Å². The van der Waals surface area contributed by atoms with Gasteiger partial charge in [-0.25, -0.2) is 4.39 Å². The molecule has 0 heterocycles. The van der Waals surface area contributed by atoms with Gasteiger partial charge in [-0.1, -0.05) is 48.0 Å². The summed E-state index contributed by atoms with van der Waals surface area (Å²) in [6.45, 7) is 0.586. The fourth-order valence-corrected chi connectivity index (χ4v) is 2.43. The second kappa shape index (κ2) is 6.69. The van der Waals surface area contributed by atoms with E-state index in [1.807, 2.05) is 18.2 Å². The molecular weight excluding hydrogens is 261 g/mol. The molecule has 2 aromatic carbocycles. The van der Waals surface area contributed by atoms with Crippen LogP contribution in [0.5, 0.6) is 0 Å². The second-order valence-corrected chi connectivity index (χ2v) is 5.14. The number of benzene rings is 2. The highest BCUT2D eigenvalue weighted by Crippen LogP contribution is 2.22. The largest absolute Gasteiger partial charge is 0.330 e. The SMILES string of the molecule is NCC(Cc1ccccc1)Cc1ccc(F)cc1Cl. The highest BCUT2D eigenvalue weighted by atomic mass is 35.5. The molecule has 0 saturated carbocycles. The Morgan fingerprint density at radius 1 is 1.05 bits per heavy atom. The third-order valence-electron chi connectivity index (χ3n) is 3.22. The summed E-state index contributed by atoms with van der Waals surface area (Å²) < 4.78 is 13.0. The van der Waals surface area contributed by atoms with Crippen LogP contribution in [0.1, 0.15) is 11.1 Å². The van der Waals surface area contributed by atoms with Crippen molar-refractivity contribution in [1.82, 2.24) is 0 Å². The summed E-state index contributed by atoms with van der Waals surface area (Å²) in [4.78, 5) is 0. The van der Waals surface area contributed by atoms with Gasteiger partial charge in [0, 0.05) is 5.02 Å². The molecule has 3 heteroatoms. The standard InChI is InChI=1S/C16H17ClFN/c17-16-10-15(18)7-6-14(16)9-13(11-19)8-12-4-2-1-3-5-12/h1-7,10,13H,8-9,11,19H2. The second-order valence-electron chi connectivity index (χ2n) is 4.73. The predicted octanol–water partition coefficient (Wildman–Crippen LogP) is 3.84. The van der Waals surface area contributed by atoms with E-state index in [2.05, 4.69) is 12.1 Å². The molecule has 0 radical (unpaired) electrons. The fraction of sp³-hybridized carbons (Fsp3) is 0.250. The van der Waals surface area contributed by atoms with Crippen molar-refractivity contribution < 1.29 is 4.39 Å². The van der Waals surface area contributed by atoms with Gasteiger partial charge in [-0.15, -0.1) is 0 Å². The summed E-state index contributed by atoms with van der Waals surface area (Å²) in [7, 11) is 0. The van der Waals surface area contributed by atoms with Crippen LogP contribution in [0.25, 0.3) is 0 Å². The van der Waals surface area contributed by atoms with Gasteiger partial charge in [0.05, 0.1) is 0 Å². The van der Waals surface area contributed by atoms with E-state index in [1.165, 1.54) is 17.7 Å². The zero-order valence-electron chi connectivity index (χ0n) is 10.7. The Kier molecular flexibility index (Phi) is 4.94. The Balaban J connectivity index is 2.06. The Morgan fingerprint density at radius 2 is 1.79 bits per heavy atom. The molecule has 100 valence electrons. The molecule has 1 unspecified atom stereocenters. The number of rotatable bonds is 5. The minimum Gasteiger partial charge on any atom is -0.330 e. The zero-order valence-corrected chi connectivity index (χ0v) is 11.4. The van der Waals surface area contributed by atoms with E-state index in [9.17, 15) is 4.39 Å². The Bertz CT molecular complexity index is 528. The molecular formula is C16H17ClFN. The van der Waals surface area contributed by atoms with Crippen LogP contribution >= 0.6 is 11.6 Å². The monoisotopic (exact) mass is 277 g/mol. The molecule has 0 fully saturated rings. The van der Waals surface area contributed by atoms with E-state index >= 15 is 0 Å². The molecule has 0 amide bonds. The topological polar surface area (TPSA) is 26.0 Å². The van der Waals surface area contributed by atoms with Crippen molar-refractivity contribution in [1.29, 1.82) is 0 Å². The number of hydrogen-bond acceptors (Lipinski definition) is 1. The Labute approximate surface area is 118 Å². The zero-order chi connectivity index (χ0) is 13.7. The molecule has 0 saturated heterocycles. The first-order chi connectivity index (χ1) is 9.19. The average Bonchev–Trinajstić information content (AvgIpc) is 2.42. The minimum atomic E-state index is -0.305. The maximum atomic E-state index is 13.0. The van der Waals surface area contributed by atoms with Gasteiger partial charge in [-0.05, 0) is 48.6 Å². The van der Waals surface area contributed by atoms with Gasteiger partial charge in [0.1, 0.15) is 5.82 Å². The van der Waals surface area contributed by atoms with Crippen molar-refractivity contribution in [3.8, 4) is 0 Å². The molecule has 0 spiro atoms. The van der Waals surface area contributed by atoms with E-state index in [0.29, 0.717) is 17.5 Å². The first-order valence-electron chi connectivity index (χ1n) is 6.37. The van der Waals surface area contributed by atoms with E-state index in [1.54, 1.807) is 6.07 Å². The molecule has 0 aliphatic carbocycles. The lowest BCUT2D eigenvalue weighted by Crippen LogP contribution is -2.19. The molecule has 2 aromatic rings. The Morgan fingerprint density at radius 3 is 2.42 bits per heavy atom.